The van der Waals surface area contributed by atoms with Gasteiger partial charge in [-0.3, -0.25) is 4.79 Å². The van der Waals surface area contributed by atoms with Crippen LogP contribution in [0.1, 0.15) is 44.8 Å². The molecule has 0 aliphatic heterocycles. The van der Waals surface area contributed by atoms with Crippen molar-refractivity contribution in [2.75, 3.05) is 14.2 Å². The summed E-state index contributed by atoms with van der Waals surface area (Å²) < 4.78 is 5.14. The molecule has 2 heterocycles. The van der Waals surface area contributed by atoms with Gasteiger partial charge in [0.2, 0.25) is 5.91 Å². The number of fused-ring (bicyclic) bond motifs is 1. The highest BCUT2D eigenvalue weighted by Gasteiger charge is 2.29. The highest BCUT2D eigenvalue weighted by atomic mass is 32.1. The van der Waals surface area contributed by atoms with Gasteiger partial charge in [-0.15, -0.1) is 22.7 Å². The lowest BCUT2D eigenvalue weighted by Crippen LogP contribution is -2.28. The minimum Gasteiger partial charge on any atom is -0.380 e. The number of hydrogen-bond acceptors (Lipinski definition) is 5. The van der Waals surface area contributed by atoms with Crippen LogP contribution in [0.15, 0.2) is 11.4 Å². The largest absolute Gasteiger partial charge is 0.380 e. The van der Waals surface area contributed by atoms with Gasteiger partial charge in [-0.2, -0.15) is 0 Å². The SMILES string of the molecule is CNC(=O)C1CCCc2sc(C=Cc3cc(COC)cs3)nc21. The number of likely N-dealkylation sites (N-methyl/N-ethyl adjacent to an activating group) is 1. The number of carbonyl (C=O) groups excluding carboxylic acids is 1. The third kappa shape index (κ3) is 3.71. The summed E-state index contributed by atoms with van der Waals surface area (Å²) in [4.78, 5) is 19.2. The van der Waals surface area contributed by atoms with Gasteiger partial charge in [0.25, 0.3) is 0 Å². The Kier molecular flexibility index (Phi) is 5.25. The number of carbonyl (C=O) groups is 1. The van der Waals surface area contributed by atoms with Gasteiger partial charge in [0.1, 0.15) is 5.01 Å². The number of methoxy groups -OCH3 is 1. The molecule has 1 atom stereocenters. The molecule has 0 bridgehead atoms. The van der Waals surface area contributed by atoms with Gasteiger partial charge in [-0.05, 0) is 48.4 Å². The van der Waals surface area contributed by atoms with Crippen molar-refractivity contribution < 1.29 is 9.53 Å². The number of hydrogen-bond donors (Lipinski definition) is 1. The predicted molar refractivity (Wildman–Crippen MR) is 95.8 cm³/mol. The predicted octanol–water partition coefficient (Wildman–Crippen LogP) is 3.69. The molecule has 1 aliphatic rings. The van der Waals surface area contributed by atoms with Gasteiger partial charge >= 0.3 is 0 Å². The molecule has 1 amide bonds. The normalized spacial score (nSPS) is 17.4. The Morgan fingerprint density at radius 2 is 2.39 bits per heavy atom. The number of thiophene rings is 1. The van der Waals surface area contributed by atoms with E-state index in [2.05, 4.69) is 22.8 Å². The average molecular weight is 348 g/mol. The molecule has 0 fully saturated rings. The van der Waals surface area contributed by atoms with E-state index in [0.29, 0.717) is 6.61 Å². The van der Waals surface area contributed by atoms with Crippen LogP contribution in [0, 0.1) is 0 Å². The van der Waals surface area contributed by atoms with Gasteiger partial charge in [-0.1, -0.05) is 0 Å². The second-order valence-electron chi connectivity index (χ2n) is 5.54. The first-order valence-electron chi connectivity index (χ1n) is 7.67. The lowest BCUT2D eigenvalue weighted by atomic mass is 9.90. The minimum absolute atomic E-state index is 0.0780. The summed E-state index contributed by atoms with van der Waals surface area (Å²) in [5.41, 5.74) is 2.17. The van der Waals surface area contributed by atoms with Gasteiger partial charge in [0.15, 0.2) is 0 Å². The first kappa shape index (κ1) is 16.4. The van der Waals surface area contributed by atoms with Crippen LogP contribution in [0.25, 0.3) is 12.2 Å². The van der Waals surface area contributed by atoms with Gasteiger partial charge < -0.3 is 10.1 Å². The van der Waals surface area contributed by atoms with Crippen molar-refractivity contribution in [1.29, 1.82) is 0 Å². The number of aryl methyl sites for hydroxylation is 1. The zero-order valence-electron chi connectivity index (χ0n) is 13.3. The maximum absolute atomic E-state index is 12.0. The summed E-state index contributed by atoms with van der Waals surface area (Å²) in [5.74, 6) is -0.00793. The lowest BCUT2D eigenvalue weighted by Gasteiger charge is -2.19. The standard InChI is InChI=1S/C17H20N2O2S2/c1-18-17(20)13-4-3-5-14-16(13)19-15(23-14)7-6-12-8-11(9-21-2)10-22-12/h6-8,10,13H,3-5,9H2,1-2H3,(H,18,20). The summed E-state index contributed by atoms with van der Waals surface area (Å²) in [7, 11) is 3.40. The molecule has 4 nitrogen and oxygen atoms in total. The Morgan fingerprint density at radius 1 is 1.52 bits per heavy atom. The van der Waals surface area contributed by atoms with Crippen molar-refractivity contribution in [2.45, 2.75) is 31.8 Å². The second-order valence-corrected chi connectivity index (χ2v) is 7.60. The fourth-order valence-electron chi connectivity index (χ4n) is 2.82. The van der Waals surface area contributed by atoms with Gasteiger partial charge in [0, 0.05) is 23.9 Å². The molecule has 0 spiro atoms. The van der Waals surface area contributed by atoms with Gasteiger partial charge in [-0.25, -0.2) is 4.98 Å². The number of nitrogens with zero attached hydrogens (tertiary/aromatic N) is 1. The smallest absolute Gasteiger partial charge is 0.228 e. The van der Waals surface area contributed by atoms with E-state index in [9.17, 15) is 4.79 Å². The highest BCUT2D eigenvalue weighted by molar-refractivity contribution is 7.13. The van der Waals surface area contributed by atoms with Crippen LogP contribution in [0.4, 0.5) is 0 Å². The Morgan fingerprint density at radius 3 is 3.17 bits per heavy atom. The molecule has 0 saturated carbocycles. The molecule has 1 unspecified atom stereocenters. The van der Waals surface area contributed by atoms with E-state index >= 15 is 0 Å². The van der Waals surface area contributed by atoms with E-state index in [0.717, 1.165) is 30.0 Å². The van der Waals surface area contributed by atoms with Crippen LogP contribution in [0.2, 0.25) is 0 Å². The van der Waals surface area contributed by atoms with Crippen LogP contribution in [0.5, 0.6) is 0 Å². The third-order valence-electron chi connectivity index (χ3n) is 3.91. The molecular formula is C17H20N2O2S2. The van der Waals surface area contributed by atoms with E-state index in [-0.39, 0.29) is 11.8 Å². The lowest BCUT2D eigenvalue weighted by molar-refractivity contribution is -0.122. The van der Waals surface area contributed by atoms with Crippen LogP contribution in [0.3, 0.4) is 0 Å². The maximum atomic E-state index is 12.0. The van der Waals surface area contributed by atoms with Crippen molar-refractivity contribution in [3.8, 4) is 0 Å². The molecule has 1 N–H and O–H groups in total. The van der Waals surface area contributed by atoms with Crippen molar-refractivity contribution in [2.24, 2.45) is 0 Å². The highest BCUT2D eigenvalue weighted by Crippen LogP contribution is 2.35. The Hall–Kier alpha value is -1.50. The van der Waals surface area contributed by atoms with Crippen LogP contribution < -0.4 is 5.32 Å². The number of thiazole rings is 1. The number of ether oxygens (including phenoxy) is 1. The van der Waals surface area contributed by atoms with E-state index in [4.69, 9.17) is 9.72 Å². The number of rotatable bonds is 5. The zero-order valence-corrected chi connectivity index (χ0v) is 14.9. The molecular weight excluding hydrogens is 328 g/mol. The molecule has 0 aromatic carbocycles. The number of aromatic nitrogens is 1. The van der Waals surface area contributed by atoms with Crippen molar-refractivity contribution in [3.63, 3.8) is 0 Å². The summed E-state index contributed by atoms with van der Waals surface area (Å²) >= 11 is 3.40. The molecule has 122 valence electrons. The maximum Gasteiger partial charge on any atom is 0.228 e. The Balaban J connectivity index is 1.77. The molecule has 2 aromatic heterocycles. The Bertz CT molecular complexity index is 718. The second kappa shape index (κ2) is 7.38. The fraction of sp³-hybridized carbons (Fsp3) is 0.412. The van der Waals surface area contributed by atoms with Crippen molar-refractivity contribution in [3.05, 3.63) is 37.5 Å². The molecule has 1 aliphatic carbocycles. The number of nitrogens with one attached hydrogen (secondary N) is 1. The number of amides is 1. The molecule has 2 aromatic rings. The van der Waals surface area contributed by atoms with E-state index in [1.165, 1.54) is 15.3 Å². The third-order valence-corrected chi connectivity index (χ3v) is 5.95. The summed E-state index contributed by atoms with van der Waals surface area (Å²) in [5, 5.41) is 5.84. The van der Waals surface area contributed by atoms with Crippen molar-refractivity contribution >= 4 is 40.7 Å². The summed E-state index contributed by atoms with van der Waals surface area (Å²) in [6.45, 7) is 0.643. The Labute approximate surface area is 144 Å². The molecule has 3 rings (SSSR count). The first-order chi connectivity index (χ1) is 11.2. The quantitative estimate of drug-likeness (QED) is 0.896. The van der Waals surface area contributed by atoms with Crippen LogP contribution >= 0.6 is 22.7 Å². The average Bonchev–Trinajstić information content (AvgIpc) is 3.18. The van der Waals surface area contributed by atoms with Crippen LogP contribution in [-0.4, -0.2) is 25.0 Å². The van der Waals surface area contributed by atoms with Crippen molar-refractivity contribution in [1.82, 2.24) is 10.3 Å². The molecule has 0 saturated heterocycles. The van der Waals surface area contributed by atoms with E-state index < -0.39 is 0 Å². The van der Waals surface area contributed by atoms with E-state index in [1.807, 2.05) is 6.08 Å². The molecule has 6 heteroatoms. The summed E-state index contributed by atoms with van der Waals surface area (Å²) in [6.07, 6.45) is 7.12. The summed E-state index contributed by atoms with van der Waals surface area (Å²) in [6, 6.07) is 2.13. The first-order valence-corrected chi connectivity index (χ1v) is 9.36. The monoisotopic (exact) mass is 348 g/mol. The van der Waals surface area contributed by atoms with E-state index in [1.54, 1.807) is 36.8 Å². The van der Waals surface area contributed by atoms with Crippen LogP contribution in [-0.2, 0) is 22.6 Å². The molecule has 23 heavy (non-hydrogen) atoms. The van der Waals surface area contributed by atoms with Gasteiger partial charge in [0.05, 0.1) is 18.2 Å². The fourth-order valence-corrected chi connectivity index (χ4v) is 4.68. The minimum atomic E-state index is -0.0859. The topological polar surface area (TPSA) is 51.2 Å². The zero-order chi connectivity index (χ0) is 16.2. The molecule has 0 radical (unpaired) electrons.